The number of benzene rings is 1. The fraction of sp³-hybridized carbons (Fsp3) is 0.400. The molecule has 3 rings (SSSR count). The second-order valence-electron chi connectivity index (χ2n) is 6.49. The molecule has 2 heterocycles. The minimum atomic E-state index is 0.0809. The fourth-order valence-corrected chi connectivity index (χ4v) is 4.56. The van der Waals surface area contributed by atoms with Gasteiger partial charge in [0.1, 0.15) is 0 Å². The van der Waals surface area contributed by atoms with Crippen molar-refractivity contribution in [1.29, 1.82) is 0 Å². The van der Waals surface area contributed by atoms with Crippen molar-refractivity contribution in [3.8, 4) is 0 Å². The molecule has 0 saturated carbocycles. The van der Waals surface area contributed by atoms with Crippen LogP contribution >= 0.6 is 23.1 Å². The van der Waals surface area contributed by atoms with E-state index in [1.54, 1.807) is 11.8 Å². The van der Waals surface area contributed by atoms with Gasteiger partial charge in [0.05, 0.1) is 4.88 Å². The van der Waals surface area contributed by atoms with Crippen molar-refractivity contribution in [2.45, 2.75) is 25.2 Å². The van der Waals surface area contributed by atoms with Crippen LogP contribution in [0.15, 0.2) is 40.6 Å². The van der Waals surface area contributed by atoms with E-state index >= 15 is 0 Å². The van der Waals surface area contributed by atoms with Crippen molar-refractivity contribution in [3.05, 3.63) is 51.7 Å². The maximum atomic E-state index is 12.4. The van der Waals surface area contributed by atoms with Crippen molar-refractivity contribution >= 4 is 34.9 Å². The molecule has 2 aromatic rings. The summed E-state index contributed by atoms with van der Waals surface area (Å²) in [6.45, 7) is 6.71. The molecule has 0 spiro atoms. The lowest BCUT2D eigenvalue weighted by atomic mass is 10.1. The highest BCUT2D eigenvalue weighted by atomic mass is 32.2. The topological polar surface area (TPSA) is 40.6 Å². The highest BCUT2D eigenvalue weighted by Gasteiger charge is 2.24. The molecule has 0 radical (unpaired) electrons. The van der Waals surface area contributed by atoms with Gasteiger partial charge in [-0.15, -0.1) is 23.1 Å². The number of amides is 2. The molecule has 1 fully saturated rings. The monoisotopic (exact) mass is 388 g/mol. The Balaban J connectivity index is 1.42. The molecule has 26 heavy (non-hydrogen) atoms. The predicted octanol–water partition coefficient (Wildman–Crippen LogP) is 3.83. The third-order valence-corrected chi connectivity index (χ3v) is 6.57. The molecule has 0 bridgehead atoms. The van der Waals surface area contributed by atoms with Gasteiger partial charge in [0.25, 0.3) is 5.91 Å². The highest BCUT2D eigenvalue weighted by Crippen LogP contribution is 2.22. The number of aryl methyl sites for hydroxylation is 2. The third kappa shape index (κ3) is 4.68. The first-order valence-corrected chi connectivity index (χ1v) is 10.7. The second kappa shape index (κ2) is 8.73. The van der Waals surface area contributed by atoms with E-state index < -0.39 is 0 Å². The van der Waals surface area contributed by atoms with Crippen LogP contribution in [0.1, 0.15) is 27.2 Å². The third-order valence-electron chi connectivity index (χ3n) is 4.71. The Morgan fingerprint density at radius 3 is 2.42 bits per heavy atom. The average molecular weight is 389 g/mol. The smallest absolute Gasteiger partial charge is 0.264 e. The SMILES string of the molecule is Cc1ccc(SCCC(=O)N2CCN(C(=O)c3cccs3)CC2)cc1C. The zero-order chi connectivity index (χ0) is 18.5. The summed E-state index contributed by atoms with van der Waals surface area (Å²) in [6.07, 6.45) is 0.538. The summed E-state index contributed by atoms with van der Waals surface area (Å²) in [5.41, 5.74) is 2.58. The Labute approximate surface area is 163 Å². The molecule has 1 aromatic carbocycles. The summed E-state index contributed by atoms with van der Waals surface area (Å²) >= 11 is 3.20. The number of piperazine rings is 1. The number of thioether (sulfide) groups is 1. The van der Waals surface area contributed by atoms with Gasteiger partial charge < -0.3 is 9.80 Å². The normalized spacial score (nSPS) is 14.5. The van der Waals surface area contributed by atoms with E-state index in [1.807, 2.05) is 27.3 Å². The number of rotatable bonds is 5. The lowest BCUT2D eigenvalue weighted by Gasteiger charge is -2.34. The highest BCUT2D eigenvalue weighted by molar-refractivity contribution is 7.99. The molecule has 1 aromatic heterocycles. The summed E-state index contributed by atoms with van der Waals surface area (Å²) in [7, 11) is 0. The van der Waals surface area contributed by atoms with Crippen LogP contribution in [0, 0.1) is 13.8 Å². The molecule has 0 atom stereocenters. The van der Waals surface area contributed by atoms with Gasteiger partial charge in [-0.3, -0.25) is 9.59 Å². The maximum Gasteiger partial charge on any atom is 0.264 e. The van der Waals surface area contributed by atoms with Crippen molar-refractivity contribution in [2.75, 3.05) is 31.9 Å². The predicted molar refractivity (Wildman–Crippen MR) is 108 cm³/mol. The molecule has 0 N–H and O–H groups in total. The number of hydrogen-bond acceptors (Lipinski definition) is 4. The molecule has 1 aliphatic heterocycles. The molecule has 0 aliphatic carbocycles. The van der Waals surface area contributed by atoms with Crippen LogP contribution in [0.3, 0.4) is 0 Å². The number of hydrogen-bond donors (Lipinski definition) is 0. The summed E-state index contributed by atoms with van der Waals surface area (Å²) in [5.74, 6) is 1.05. The lowest BCUT2D eigenvalue weighted by molar-refractivity contribution is -0.132. The van der Waals surface area contributed by atoms with Crippen molar-refractivity contribution in [2.24, 2.45) is 0 Å². The Bertz CT molecular complexity index is 766. The summed E-state index contributed by atoms with van der Waals surface area (Å²) in [4.78, 5) is 30.5. The summed E-state index contributed by atoms with van der Waals surface area (Å²) < 4.78 is 0. The van der Waals surface area contributed by atoms with Crippen molar-refractivity contribution in [1.82, 2.24) is 9.80 Å². The first-order chi connectivity index (χ1) is 12.5. The lowest BCUT2D eigenvalue weighted by Crippen LogP contribution is -2.50. The molecule has 138 valence electrons. The van der Waals surface area contributed by atoms with Gasteiger partial charge in [0, 0.05) is 43.2 Å². The Hall–Kier alpha value is -1.79. The first kappa shape index (κ1) is 19.0. The van der Waals surface area contributed by atoms with Gasteiger partial charge in [-0.05, 0) is 48.6 Å². The van der Waals surface area contributed by atoms with Crippen LogP contribution in [0.5, 0.6) is 0 Å². The van der Waals surface area contributed by atoms with Gasteiger partial charge in [0.2, 0.25) is 5.91 Å². The molecular weight excluding hydrogens is 364 g/mol. The van der Waals surface area contributed by atoms with E-state index in [2.05, 4.69) is 32.0 Å². The maximum absolute atomic E-state index is 12.4. The number of carbonyl (C=O) groups is 2. The van der Waals surface area contributed by atoms with E-state index in [9.17, 15) is 9.59 Å². The first-order valence-electron chi connectivity index (χ1n) is 8.85. The molecule has 4 nitrogen and oxygen atoms in total. The quantitative estimate of drug-likeness (QED) is 0.731. The summed E-state index contributed by atoms with van der Waals surface area (Å²) in [5, 5.41) is 1.92. The van der Waals surface area contributed by atoms with E-state index in [0.717, 1.165) is 10.6 Å². The molecule has 0 unspecified atom stereocenters. The zero-order valence-electron chi connectivity index (χ0n) is 15.2. The van der Waals surface area contributed by atoms with E-state index in [0.29, 0.717) is 32.6 Å². The van der Waals surface area contributed by atoms with Gasteiger partial charge in [0.15, 0.2) is 0 Å². The van der Waals surface area contributed by atoms with E-state index in [-0.39, 0.29) is 11.8 Å². The van der Waals surface area contributed by atoms with Crippen LogP contribution in [0.25, 0.3) is 0 Å². The van der Waals surface area contributed by atoms with Crippen molar-refractivity contribution in [3.63, 3.8) is 0 Å². The second-order valence-corrected chi connectivity index (χ2v) is 8.61. The van der Waals surface area contributed by atoms with Gasteiger partial charge in [-0.25, -0.2) is 0 Å². The number of nitrogens with zero attached hydrogens (tertiary/aromatic N) is 2. The van der Waals surface area contributed by atoms with Crippen LogP contribution in [-0.4, -0.2) is 53.5 Å². The van der Waals surface area contributed by atoms with Crippen LogP contribution < -0.4 is 0 Å². The van der Waals surface area contributed by atoms with Crippen LogP contribution in [0.4, 0.5) is 0 Å². The molecule has 1 aliphatic rings. The van der Waals surface area contributed by atoms with Gasteiger partial charge in [-0.1, -0.05) is 12.1 Å². The average Bonchev–Trinajstić information content (AvgIpc) is 3.19. The van der Waals surface area contributed by atoms with Crippen molar-refractivity contribution < 1.29 is 9.59 Å². The van der Waals surface area contributed by atoms with Crippen LogP contribution in [0.2, 0.25) is 0 Å². The largest absolute Gasteiger partial charge is 0.339 e. The summed E-state index contributed by atoms with van der Waals surface area (Å²) in [6, 6.07) is 10.2. The van der Waals surface area contributed by atoms with Crippen LogP contribution in [-0.2, 0) is 4.79 Å². The Morgan fingerprint density at radius 1 is 1.04 bits per heavy atom. The van der Waals surface area contributed by atoms with E-state index in [4.69, 9.17) is 0 Å². The van der Waals surface area contributed by atoms with Gasteiger partial charge >= 0.3 is 0 Å². The number of thiophene rings is 1. The molecule has 6 heteroatoms. The standard InChI is InChI=1S/C20H24N2O2S2/c1-15-5-6-17(14-16(15)2)25-13-7-19(23)21-8-10-22(11-9-21)20(24)18-4-3-12-26-18/h3-6,12,14H,7-11,13H2,1-2H3. The Kier molecular flexibility index (Phi) is 6.38. The van der Waals surface area contributed by atoms with Gasteiger partial charge in [-0.2, -0.15) is 0 Å². The molecule has 2 amide bonds. The molecule has 1 saturated heterocycles. The molecular formula is C20H24N2O2S2. The zero-order valence-corrected chi connectivity index (χ0v) is 16.9. The Morgan fingerprint density at radius 2 is 1.77 bits per heavy atom. The van der Waals surface area contributed by atoms with E-state index in [1.165, 1.54) is 27.4 Å². The fourth-order valence-electron chi connectivity index (χ4n) is 2.93. The number of carbonyl (C=O) groups excluding carboxylic acids is 2. The minimum absolute atomic E-state index is 0.0809. The minimum Gasteiger partial charge on any atom is -0.339 e.